The number of aromatic hydroxyl groups is 1. The van der Waals surface area contributed by atoms with E-state index in [-0.39, 0.29) is 24.1 Å². The predicted molar refractivity (Wildman–Crippen MR) is 107 cm³/mol. The number of urea groups is 1. The number of esters is 1. The Morgan fingerprint density at radius 1 is 1.21 bits per heavy atom. The third kappa shape index (κ3) is 4.18. The minimum Gasteiger partial charge on any atom is -0.504 e. The van der Waals surface area contributed by atoms with E-state index in [4.69, 9.17) is 9.47 Å². The Morgan fingerprint density at radius 3 is 2.59 bits per heavy atom. The van der Waals surface area contributed by atoms with E-state index in [9.17, 15) is 14.7 Å². The van der Waals surface area contributed by atoms with Crippen LogP contribution in [0.2, 0.25) is 0 Å². The van der Waals surface area contributed by atoms with Crippen LogP contribution >= 0.6 is 0 Å². The molecule has 0 saturated heterocycles. The Hall–Kier alpha value is -3.48. The average Bonchev–Trinajstić information content (AvgIpc) is 2.72. The van der Waals surface area contributed by atoms with Crippen molar-refractivity contribution in [1.82, 2.24) is 10.2 Å². The molecule has 0 bridgehead atoms. The summed E-state index contributed by atoms with van der Waals surface area (Å²) < 4.78 is 10.4. The molecule has 2 N–H and O–H groups in total. The molecule has 0 aliphatic carbocycles. The van der Waals surface area contributed by atoms with Gasteiger partial charge in [0, 0.05) is 5.70 Å². The largest absolute Gasteiger partial charge is 0.504 e. The molecule has 7 heteroatoms. The van der Waals surface area contributed by atoms with Crippen molar-refractivity contribution < 1.29 is 24.2 Å². The molecule has 0 saturated carbocycles. The molecule has 3 rings (SSSR count). The summed E-state index contributed by atoms with van der Waals surface area (Å²) in [6.07, 6.45) is 0. The first-order valence-corrected chi connectivity index (χ1v) is 9.33. The number of allylic oxidation sites excluding steroid dienone is 1. The first kappa shape index (κ1) is 20.3. The highest BCUT2D eigenvalue weighted by Gasteiger charge is 2.36. The quantitative estimate of drug-likeness (QED) is 0.730. The van der Waals surface area contributed by atoms with Gasteiger partial charge in [0.2, 0.25) is 0 Å². The highest BCUT2D eigenvalue weighted by atomic mass is 16.5. The summed E-state index contributed by atoms with van der Waals surface area (Å²) in [6.45, 7) is 4.01. The van der Waals surface area contributed by atoms with Gasteiger partial charge in [-0.05, 0) is 37.1 Å². The van der Waals surface area contributed by atoms with Gasteiger partial charge in [0.25, 0.3) is 0 Å². The van der Waals surface area contributed by atoms with Crippen molar-refractivity contribution >= 4 is 12.0 Å². The fourth-order valence-electron chi connectivity index (χ4n) is 3.33. The van der Waals surface area contributed by atoms with E-state index in [0.717, 1.165) is 5.56 Å². The highest BCUT2D eigenvalue weighted by molar-refractivity contribution is 5.95. The highest BCUT2D eigenvalue weighted by Crippen LogP contribution is 2.36. The van der Waals surface area contributed by atoms with E-state index in [1.54, 1.807) is 26.0 Å². The van der Waals surface area contributed by atoms with Gasteiger partial charge in [0.05, 0.1) is 31.9 Å². The van der Waals surface area contributed by atoms with Gasteiger partial charge in [0.1, 0.15) is 0 Å². The molecule has 1 aliphatic rings. The number of phenolic OH excluding ortho intramolecular Hbond substituents is 1. The Balaban J connectivity index is 2.05. The number of hydrogen-bond donors (Lipinski definition) is 2. The number of nitrogens with zero attached hydrogens (tertiary/aromatic N) is 1. The fourth-order valence-corrected chi connectivity index (χ4v) is 3.33. The molecule has 1 unspecified atom stereocenters. The molecular weight excluding hydrogens is 372 g/mol. The van der Waals surface area contributed by atoms with E-state index in [1.165, 1.54) is 18.1 Å². The fraction of sp³-hybridized carbons (Fsp3) is 0.273. The van der Waals surface area contributed by atoms with Crippen LogP contribution in [0.4, 0.5) is 4.79 Å². The zero-order chi connectivity index (χ0) is 21.0. The third-order valence-electron chi connectivity index (χ3n) is 4.81. The van der Waals surface area contributed by atoms with Gasteiger partial charge in [-0.25, -0.2) is 9.59 Å². The second kappa shape index (κ2) is 8.68. The van der Waals surface area contributed by atoms with Gasteiger partial charge in [-0.15, -0.1) is 0 Å². The molecule has 7 nitrogen and oxygen atoms in total. The van der Waals surface area contributed by atoms with Crippen molar-refractivity contribution in [2.75, 3.05) is 13.7 Å². The molecule has 0 spiro atoms. The van der Waals surface area contributed by atoms with Gasteiger partial charge in [-0.1, -0.05) is 36.4 Å². The van der Waals surface area contributed by atoms with Gasteiger partial charge in [-0.3, -0.25) is 4.90 Å². The molecule has 0 fully saturated rings. The number of phenols is 1. The standard InChI is InChI=1S/C22H24N2O5/c1-4-29-21(26)19-14(2)24(13-15-8-6-5-7-9-15)22(27)23-20(19)16-10-11-17(25)18(12-16)28-3/h5-12,20,25H,4,13H2,1-3H3,(H,23,27). The Kier molecular flexibility index (Phi) is 6.07. The number of benzene rings is 2. The van der Waals surface area contributed by atoms with E-state index < -0.39 is 12.0 Å². The second-order valence-electron chi connectivity index (χ2n) is 6.61. The second-order valence-corrected chi connectivity index (χ2v) is 6.61. The van der Waals surface area contributed by atoms with Crippen molar-refractivity contribution in [2.45, 2.75) is 26.4 Å². The summed E-state index contributed by atoms with van der Waals surface area (Å²) in [7, 11) is 1.44. The molecule has 2 amide bonds. The molecule has 152 valence electrons. The lowest BCUT2D eigenvalue weighted by Crippen LogP contribution is -2.47. The summed E-state index contributed by atoms with van der Waals surface area (Å²) in [5.41, 5.74) is 2.41. The molecule has 2 aromatic carbocycles. The van der Waals surface area contributed by atoms with Crippen molar-refractivity contribution in [3.63, 3.8) is 0 Å². The van der Waals surface area contributed by atoms with Crippen LogP contribution in [0.5, 0.6) is 11.5 Å². The minimum absolute atomic E-state index is 0.0255. The summed E-state index contributed by atoms with van der Waals surface area (Å²) in [5, 5.41) is 12.8. The normalized spacial score (nSPS) is 16.4. The van der Waals surface area contributed by atoms with Crippen molar-refractivity contribution in [2.24, 2.45) is 0 Å². The molecule has 1 atom stereocenters. The van der Waals surface area contributed by atoms with Gasteiger partial charge in [0.15, 0.2) is 11.5 Å². The van der Waals surface area contributed by atoms with E-state index >= 15 is 0 Å². The van der Waals surface area contributed by atoms with Gasteiger partial charge < -0.3 is 19.9 Å². The maximum Gasteiger partial charge on any atom is 0.338 e. The lowest BCUT2D eigenvalue weighted by Gasteiger charge is -2.35. The first-order chi connectivity index (χ1) is 14.0. The zero-order valence-corrected chi connectivity index (χ0v) is 16.6. The van der Waals surface area contributed by atoms with Crippen molar-refractivity contribution in [1.29, 1.82) is 0 Å². The van der Waals surface area contributed by atoms with Crippen LogP contribution in [-0.4, -0.2) is 35.7 Å². The number of ether oxygens (including phenoxy) is 2. The number of hydrogen-bond acceptors (Lipinski definition) is 5. The number of rotatable bonds is 6. The smallest absolute Gasteiger partial charge is 0.338 e. The molecule has 1 aliphatic heterocycles. The van der Waals surface area contributed by atoms with Gasteiger partial charge >= 0.3 is 12.0 Å². The summed E-state index contributed by atoms with van der Waals surface area (Å²) in [5.74, 6) is -0.271. The Morgan fingerprint density at radius 2 is 1.93 bits per heavy atom. The van der Waals surface area contributed by atoms with E-state index in [0.29, 0.717) is 23.4 Å². The summed E-state index contributed by atoms with van der Waals surface area (Å²) >= 11 is 0. The molecule has 29 heavy (non-hydrogen) atoms. The maximum atomic E-state index is 12.9. The predicted octanol–water partition coefficient (Wildman–Crippen LogP) is 3.50. The van der Waals surface area contributed by atoms with Crippen LogP contribution in [0.3, 0.4) is 0 Å². The number of amides is 2. The van der Waals surface area contributed by atoms with Crippen LogP contribution < -0.4 is 10.1 Å². The van der Waals surface area contributed by atoms with Crippen molar-refractivity contribution in [3.05, 3.63) is 70.9 Å². The SMILES string of the molecule is CCOC(=O)C1=C(C)N(Cc2ccccc2)C(=O)NC1c1ccc(O)c(OC)c1. The molecule has 0 radical (unpaired) electrons. The zero-order valence-electron chi connectivity index (χ0n) is 16.6. The van der Waals surface area contributed by atoms with Gasteiger partial charge in [-0.2, -0.15) is 0 Å². The van der Waals surface area contributed by atoms with E-state index in [2.05, 4.69) is 5.32 Å². The minimum atomic E-state index is -0.719. The van der Waals surface area contributed by atoms with Crippen LogP contribution in [-0.2, 0) is 16.1 Å². The summed E-state index contributed by atoms with van der Waals surface area (Å²) in [6, 6.07) is 13.2. The lowest BCUT2D eigenvalue weighted by molar-refractivity contribution is -0.139. The third-order valence-corrected chi connectivity index (χ3v) is 4.81. The molecule has 2 aromatic rings. The first-order valence-electron chi connectivity index (χ1n) is 9.33. The van der Waals surface area contributed by atoms with Crippen LogP contribution in [0, 0.1) is 0 Å². The average molecular weight is 396 g/mol. The number of nitrogens with one attached hydrogen (secondary N) is 1. The number of carbonyl (C=O) groups is 2. The Labute approximate surface area is 169 Å². The molecule has 0 aromatic heterocycles. The Bertz CT molecular complexity index is 939. The van der Waals surface area contributed by atoms with Crippen molar-refractivity contribution in [3.8, 4) is 11.5 Å². The topological polar surface area (TPSA) is 88.1 Å². The van der Waals surface area contributed by atoms with Crippen LogP contribution in [0.1, 0.15) is 31.0 Å². The monoisotopic (exact) mass is 396 g/mol. The summed E-state index contributed by atoms with van der Waals surface area (Å²) in [4.78, 5) is 27.2. The number of carbonyl (C=O) groups excluding carboxylic acids is 2. The lowest BCUT2D eigenvalue weighted by atomic mass is 9.94. The number of methoxy groups -OCH3 is 1. The maximum absolute atomic E-state index is 12.9. The van der Waals surface area contributed by atoms with E-state index in [1.807, 2.05) is 30.3 Å². The van der Waals surface area contributed by atoms with Crippen LogP contribution in [0.15, 0.2) is 59.8 Å². The molecular formula is C22H24N2O5. The van der Waals surface area contributed by atoms with Crippen LogP contribution in [0.25, 0.3) is 0 Å². The molecule has 1 heterocycles.